The van der Waals surface area contributed by atoms with Crippen molar-refractivity contribution in [1.29, 1.82) is 0 Å². The average Bonchev–Trinajstić information content (AvgIpc) is 3.14. The van der Waals surface area contributed by atoms with E-state index in [2.05, 4.69) is 11.0 Å². The molecule has 0 radical (unpaired) electrons. The average molecular weight is 291 g/mol. The fourth-order valence-electron chi connectivity index (χ4n) is 4.19. The zero-order valence-corrected chi connectivity index (χ0v) is 12.7. The molecule has 1 unspecified atom stereocenters. The molecule has 4 rings (SSSR count). The van der Waals surface area contributed by atoms with Crippen LogP contribution in [0.4, 0.5) is 0 Å². The molecule has 2 fully saturated rings. The van der Waals surface area contributed by atoms with Crippen molar-refractivity contribution < 1.29 is 9.53 Å². The number of thiophene rings is 1. The van der Waals surface area contributed by atoms with Crippen LogP contribution >= 0.6 is 11.3 Å². The van der Waals surface area contributed by atoms with Gasteiger partial charge in [-0.1, -0.05) is 0 Å². The Balaban J connectivity index is 1.45. The van der Waals surface area contributed by atoms with Crippen molar-refractivity contribution in [2.24, 2.45) is 11.8 Å². The highest BCUT2D eigenvalue weighted by atomic mass is 32.1. The van der Waals surface area contributed by atoms with Gasteiger partial charge in [0.2, 0.25) is 0 Å². The molecule has 0 bridgehead atoms. The number of nitrogens with zero attached hydrogens (tertiary/aromatic N) is 1. The number of likely N-dealkylation sites (tertiary alicyclic amines) is 1. The Morgan fingerprint density at radius 2 is 2.05 bits per heavy atom. The van der Waals surface area contributed by atoms with E-state index in [-0.39, 0.29) is 5.91 Å². The molecule has 3 aliphatic rings. The summed E-state index contributed by atoms with van der Waals surface area (Å²) in [4.78, 5) is 17.1. The second kappa shape index (κ2) is 4.85. The number of amides is 1. The van der Waals surface area contributed by atoms with E-state index in [0.717, 1.165) is 30.8 Å². The summed E-state index contributed by atoms with van der Waals surface area (Å²) in [5, 5.41) is 0. The summed E-state index contributed by atoms with van der Waals surface area (Å²) in [6.07, 6.45) is 6.29. The van der Waals surface area contributed by atoms with E-state index in [9.17, 15) is 4.79 Å². The summed E-state index contributed by atoms with van der Waals surface area (Å²) in [6, 6.07) is 2.15. The van der Waals surface area contributed by atoms with E-state index >= 15 is 0 Å². The number of fused-ring (bicyclic) bond motifs is 2. The van der Waals surface area contributed by atoms with E-state index in [1.165, 1.54) is 29.7 Å². The SMILES string of the molecule is COC1C[C@@H]2CN(C(=O)c3cc4c(s3)CCC4)C[C@@H]2C1. The first-order valence-electron chi connectivity index (χ1n) is 7.68. The number of hydrogen-bond donors (Lipinski definition) is 0. The monoisotopic (exact) mass is 291 g/mol. The zero-order chi connectivity index (χ0) is 13.7. The van der Waals surface area contributed by atoms with Crippen LogP contribution in [0.1, 0.15) is 39.4 Å². The summed E-state index contributed by atoms with van der Waals surface area (Å²) in [7, 11) is 1.81. The molecule has 3 atom stereocenters. The molecular formula is C16H21NO2S. The predicted octanol–water partition coefficient (Wildman–Crippen LogP) is 2.73. The van der Waals surface area contributed by atoms with Gasteiger partial charge >= 0.3 is 0 Å². The topological polar surface area (TPSA) is 29.5 Å². The number of ether oxygens (including phenoxy) is 1. The van der Waals surface area contributed by atoms with Crippen molar-refractivity contribution in [1.82, 2.24) is 4.90 Å². The van der Waals surface area contributed by atoms with Crippen molar-refractivity contribution in [3.8, 4) is 0 Å². The maximum Gasteiger partial charge on any atom is 0.263 e. The summed E-state index contributed by atoms with van der Waals surface area (Å²) >= 11 is 1.73. The molecule has 0 spiro atoms. The summed E-state index contributed by atoms with van der Waals surface area (Å²) in [5.74, 6) is 1.60. The van der Waals surface area contributed by atoms with Crippen LogP contribution in [0.3, 0.4) is 0 Å². The Labute approximate surface area is 123 Å². The van der Waals surface area contributed by atoms with E-state index in [1.54, 1.807) is 11.3 Å². The maximum atomic E-state index is 12.6. The van der Waals surface area contributed by atoms with Gasteiger partial charge in [-0.15, -0.1) is 11.3 Å². The lowest BCUT2D eigenvalue weighted by atomic mass is 10.0. The number of aryl methyl sites for hydroxylation is 2. The summed E-state index contributed by atoms with van der Waals surface area (Å²) in [6.45, 7) is 1.87. The number of rotatable bonds is 2. The normalized spacial score (nSPS) is 31.6. The fourth-order valence-corrected chi connectivity index (χ4v) is 5.41. The molecule has 0 aromatic carbocycles. The van der Waals surface area contributed by atoms with Crippen molar-refractivity contribution in [2.75, 3.05) is 20.2 Å². The van der Waals surface area contributed by atoms with Crippen LogP contribution in [0.5, 0.6) is 0 Å². The van der Waals surface area contributed by atoms with Crippen molar-refractivity contribution in [3.05, 3.63) is 21.4 Å². The van der Waals surface area contributed by atoms with Crippen LogP contribution in [0.15, 0.2) is 6.07 Å². The highest BCUT2D eigenvalue weighted by Gasteiger charge is 2.42. The molecule has 3 nitrogen and oxygen atoms in total. The molecule has 20 heavy (non-hydrogen) atoms. The minimum atomic E-state index is 0.271. The van der Waals surface area contributed by atoms with Crippen LogP contribution in [0, 0.1) is 11.8 Å². The van der Waals surface area contributed by atoms with Gasteiger partial charge in [0.15, 0.2) is 0 Å². The third-order valence-electron chi connectivity index (χ3n) is 5.29. The molecule has 4 heteroatoms. The van der Waals surface area contributed by atoms with Crippen molar-refractivity contribution in [3.63, 3.8) is 0 Å². The van der Waals surface area contributed by atoms with Crippen LogP contribution in [0.2, 0.25) is 0 Å². The molecule has 108 valence electrons. The van der Waals surface area contributed by atoms with Crippen LogP contribution in [0.25, 0.3) is 0 Å². The first kappa shape index (κ1) is 12.8. The molecule has 1 amide bonds. The minimum absolute atomic E-state index is 0.271. The Bertz CT molecular complexity index is 503. The van der Waals surface area contributed by atoms with Gasteiger partial charge in [-0.3, -0.25) is 4.79 Å². The minimum Gasteiger partial charge on any atom is -0.381 e. The lowest BCUT2D eigenvalue weighted by Crippen LogP contribution is -2.29. The third-order valence-corrected chi connectivity index (χ3v) is 6.51. The molecule has 1 aromatic rings. The fraction of sp³-hybridized carbons (Fsp3) is 0.688. The number of methoxy groups -OCH3 is 1. The standard InChI is InChI=1S/C16H21NO2S/c1-19-13-5-11-8-17(9-12(11)6-13)16(18)15-7-10-3-2-4-14(10)20-15/h7,11-13H,2-6,8-9H2,1H3/t11-,12+,13?. The van der Waals surface area contributed by atoms with E-state index in [0.29, 0.717) is 17.9 Å². The number of carbonyl (C=O) groups is 1. The van der Waals surface area contributed by atoms with Crippen LogP contribution in [-0.2, 0) is 17.6 Å². The second-order valence-corrected chi connectivity index (χ2v) is 7.61. The van der Waals surface area contributed by atoms with E-state index in [4.69, 9.17) is 4.74 Å². The Hall–Kier alpha value is -0.870. The van der Waals surface area contributed by atoms with Gasteiger partial charge in [0.1, 0.15) is 0 Å². The molecule has 1 aliphatic heterocycles. The lowest BCUT2D eigenvalue weighted by molar-refractivity contribution is 0.0735. The number of hydrogen-bond acceptors (Lipinski definition) is 3. The van der Waals surface area contributed by atoms with Crippen molar-refractivity contribution >= 4 is 17.2 Å². The quantitative estimate of drug-likeness (QED) is 0.838. The predicted molar refractivity (Wildman–Crippen MR) is 79.3 cm³/mol. The molecule has 1 saturated carbocycles. The van der Waals surface area contributed by atoms with Crippen molar-refractivity contribution in [2.45, 2.75) is 38.2 Å². The zero-order valence-electron chi connectivity index (χ0n) is 11.9. The van der Waals surface area contributed by atoms with Gasteiger partial charge in [-0.05, 0) is 55.6 Å². The first-order chi connectivity index (χ1) is 9.74. The van der Waals surface area contributed by atoms with Gasteiger partial charge in [0.05, 0.1) is 11.0 Å². The molecular weight excluding hydrogens is 270 g/mol. The van der Waals surface area contributed by atoms with E-state index in [1.807, 2.05) is 7.11 Å². The Morgan fingerprint density at radius 3 is 2.70 bits per heavy atom. The van der Waals surface area contributed by atoms with Gasteiger partial charge in [0, 0.05) is 25.1 Å². The Kier molecular flexibility index (Phi) is 3.11. The Morgan fingerprint density at radius 1 is 1.30 bits per heavy atom. The first-order valence-corrected chi connectivity index (χ1v) is 8.50. The molecule has 2 heterocycles. The third kappa shape index (κ3) is 2.01. The van der Waals surface area contributed by atoms with E-state index < -0.39 is 0 Å². The summed E-state index contributed by atoms with van der Waals surface area (Å²) < 4.78 is 5.47. The highest BCUT2D eigenvalue weighted by molar-refractivity contribution is 7.14. The molecule has 1 saturated heterocycles. The largest absolute Gasteiger partial charge is 0.381 e. The number of carbonyl (C=O) groups excluding carboxylic acids is 1. The smallest absolute Gasteiger partial charge is 0.263 e. The molecule has 1 aromatic heterocycles. The van der Waals surface area contributed by atoms with Crippen LogP contribution in [-0.4, -0.2) is 37.1 Å². The highest BCUT2D eigenvalue weighted by Crippen LogP contribution is 2.40. The molecule has 0 N–H and O–H groups in total. The second-order valence-electron chi connectivity index (χ2n) is 6.47. The molecule has 2 aliphatic carbocycles. The maximum absolute atomic E-state index is 12.6. The van der Waals surface area contributed by atoms with Gasteiger partial charge in [-0.25, -0.2) is 0 Å². The van der Waals surface area contributed by atoms with Gasteiger partial charge in [-0.2, -0.15) is 0 Å². The summed E-state index contributed by atoms with van der Waals surface area (Å²) in [5.41, 5.74) is 1.43. The van der Waals surface area contributed by atoms with Gasteiger partial charge in [0.25, 0.3) is 5.91 Å². The lowest BCUT2D eigenvalue weighted by Gasteiger charge is -2.18. The van der Waals surface area contributed by atoms with Gasteiger partial charge < -0.3 is 9.64 Å². The van der Waals surface area contributed by atoms with Crippen LogP contribution < -0.4 is 0 Å².